The lowest BCUT2D eigenvalue weighted by molar-refractivity contribution is -0.124. The van der Waals surface area contributed by atoms with Crippen molar-refractivity contribution in [1.29, 1.82) is 0 Å². The van der Waals surface area contributed by atoms with E-state index in [1.54, 1.807) is 13.0 Å². The average molecular weight is 348 g/mol. The Bertz CT molecular complexity index is 725. The van der Waals surface area contributed by atoms with Gasteiger partial charge in [0.2, 0.25) is 11.8 Å². The Kier molecular flexibility index (Phi) is 5.14. The van der Waals surface area contributed by atoms with Gasteiger partial charge in [0, 0.05) is 25.1 Å². The Hall–Kier alpha value is -2.26. The summed E-state index contributed by atoms with van der Waals surface area (Å²) in [5.41, 5.74) is 0.723. The zero-order valence-corrected chi connectivity index (χ0v) is 14.9. The van der Waals surface area contributed by atoms with E-state index in [0.717, 1.165) is 11.5 Å². The predicted octanol–water partition coefficient (Wildman–Crippen LogP) is 1.63. The molecule has 3 heterocycles. The largest absolute Gasteiger partial charge is 0.368 e. The molecule has 9 nitrogen and oxygen atoms in total. The van der Waals surface area contributed by atoms with Crippen molar-refractivity contribution >= 4 is 11.8 Å². The highest BCUT2D eigenvalue weighted by Gasteiger charge is 2.31. The van der Waals surface area contributed by atoms with Crippen LogP contribution in [0.3, 0.4) is 0 Å². The molecular weight excluding hydrogens is 324 g/mol. The molecule has 136 valence electrons. The summed E-state index contributed by atoms with van der Waals surface area (Å²) in [6, 6.07) is 1.36. The van der Waals surface area contributed by atoms with Gasteiger partial charge in [-0.05, 0) is 13.8 Å². The normalized spacial score (nSPS) is 20.0. The van der Waals surface area contributed by atoms with Crippen LogP contribution in [-0.2, 0) is 9.53 Å². The smallest absolute Gasteiger partial charge is 0.243 e. The van der Waals surface area contributed by atoms with Gasteiger partial charge in [-0.3, -0.25) is 20.1 Å². The number of aromatic nitrogens is 4. The van der Waals surface area contributed by atoms with Crippen LogP contribution in [0.5, 0.6) is 0 Å². The molecule has 1 fully saturated rings. The van der Waals surface area contributed by atoms with Crippen LogP contribution in [0, 0.1) is 6.92 Å². The Morgan fingerprint density at radius 1 is 1.44 bits per heavy atom. The van der Waals surface area contributed by atoms with Crippen molar-refractivity contribution in [2.45, 2.75) is 45.8 Å². The predicted molar refractivity (Wildman–Crippen MR) is 90.1 cm³/mol. The molecule has 2 N–H and O–H groups in total. The molecule has 0 aromatic carbocycles. The van der Waals surface area contributed by atoms with Gasteiger partial charge in [0.1, 0.15) is 6.10 Å². The van der Waals surface area contributed by atoms with E-state index in [-0.39, 0.29) is 24.0 Å². The first-order chi connectivity index (χ1) is 11.9. The number of carbonyl (C=O) groups is 1. The minimum atomic E-state index is -0.329. The second kappa shape index (κ2) is 7.32. The number of hydrogen-bond donors (Lipinski definition) is 2. The number of rotatable bonds is 5. The van der Waals surface area contributed by atoms with E-state index >= 15 is 0 Å². The maximum absolute atomic E-state index is 12.4. The van der Waals surface area contributed by atoms with Crippen LogP contribution >= 0.6 is 0 Å². The lowest BCUT2D eigenvalue weighted by Crippen LogP contribution is -2.48. The van der Waals surface area contributed by atoms with E-state index < -0.39 is 0 Å². The molecule has 1 saturated heterocycles. The number of carbonyl (C=O) groups excluding carboxylic acids is 1. The van der Waals surface area contributed by atoms with Crippen molar-refractivity contribution in [3.63, 3.8) is 0 Å². The summed E-state index contributed by atoms with van der Waals surface area (Å²) in [6.07, 6.45) is -0.225. The Balaban J connectivity index is 1.62. The number of H-pyrrole nitrogens is 1. The Morgan fingerprint density at radius 3 is 2.88 bits per heavy atom. The van der Waals surface area contributed by atoms with Crippen LogP contribution in [0.1, 0.15) is 50.1 Å². The molecule has 0 aliphatic carbocycles. The summed E-state index contributed by atoms with van der Waals surface area (Å²) in [7, 11) is 0. The zero-order valence-electron chi connectivity index (χ0n) is 14.9. The highest BCUT2D eigenvalue weighted by Crippen LogP contribution is 2.22. The van der Waals surface area contributed by atoms with Gasteiger partial charge in [-0.15, -0.1) is 0 Å². The molecule has 2 aromatic heterocycles. The van der Waals surface area contributed by atoms with Gasteiger partial charge in [-0.25, -0.2) is 4.98 Å². The second-order valence-corrected chi connectivity index (χ2v) is 6.59. The van der Waals surface area contributed by atoms with Crippen molar-refractivity contribution in [1.82, 2.24) is 25.2 Å². The van der Waals surface area contributed by atoms with Gasteiger partial charge in [0.25, 0.3) is 0 Å². The van der Waals surface area contributed by atoms with Gasteiger partial charge < -0.3 is 9.26 Å². The molecule has 2 aromatic rings. The van der Waals surface area contributed by atoms with Crippen molar-refractivity contribution in [3.8, 4) is 0 Å². The van der Waals surface area contributed by atoms with Gasteiger partial charge >= 0.3 is 0 Å². The molecule has 9 heteroatoms. The SMILES string of the molecule is Cc1cc(NC(=O)C(C)N2CCOC(c3nc(C(C)C)n[nH]3)C2)on1. The molecule has 1 aliphatic heterocycles. The van der Waals surface area contributed by atoms with Gasteiger partial charge in [0.05, 0.1) is 18.3 Å². The molecule has 25 heavy (non-hydrogen) atoms. The van der Waals surface area contributed by atoms with Crippen molar-refractivity contribution in [2.24, 2.45) is 0 Å². The number of ether oxygens (including phenoxy) is 1. The van der Waals surface area contributed by atoms with E-state index in [2.05, 4.69) is 30.6 Å². The number of morpholine rings is 1. The molecule has 2 unspecified atom stereocenters. The maximum Gasteiger partial charge on any atom is 0.243 e. The molecule has 0 saturated carbocycles. The number of hydrogen-bond acceptors (Lipinski definition) is 7. The highest BCUT2D eigenvalue weighted by atomic mass is 16.5. The lowest BCUT2D eigenvalue weighted by Gasteiger charge is -2.35. The first-order valence-electron chi connectivity index (χ1n) is 8.46. The van der Waals surface area contributed by atoms with Crippen LogP contribution < -0.4 is 5.32 Å². The third-order valence-corrected chi connectivity index (χ3v) is 4.24. The van der Waals surface area contributed by atoms with Gasteiger partial charge in [-0.1, -0.05) is 19.0 Å². The van der Waals surface area contributed by atoms with E-state index in [0.29, 0.717) is 31.4 Å². The molecule has 0 spiro atoms. The van der Waals surface area contributed by atoms with Crippen molar-refractivity contribution in [2.75, 3.05) is 25.0 Å². The van der Waals surface area contributed by atoms with E-state index in [4.69, 9.17) is 9.26 Å². The third kappa shape index (κ3) is 4.05. The fraction of sp³-hybridized carbons (Fsp3) is 0.625. The molecule has 1 aliphatic rings. The summed E-state index contributed by atoms with van der Waals surface area (Å²) in [5, 5.41) is 13.7. The van der Waals surface area contributed by atoms with E-state index in [9.17, 15) is 4.79 Å². The number of nitrogens with one attached hydrogen (secondary N) is 2. The molecule has 0 radical (unpaired) electrons. The van der Waals surface area contributed by atoms with Crippen LogP contribution in [0.25, 0.3) is 0 Å². The quantitative estimate of drug-likeness (QED) is 0.845. The second-order valence-electron chi connectivity index (χ2n) is 6.59. The standard InChI is InChI=1S/C16H24N6O3/c1-9(2)14-18-15(20-19-14)12-8-22(5-6-24-12)11(4)16(23)17-13-7-10(3)21-25-13/h7,9,11-12H,5-6,8H2,1-4H3,(H,17,23)(H,18,19,20). The maximum atomic E-state index is 12.4. The number of aromatic amines is 1. The van der Waals surface area contributed by atoms with E-state index in [1.807, 2.05) is 20.8 Å². The van der Waals surface area contributed by atoms with E-state index in [1.165, 1.54) is 0 Å². The van der Waals surface area contributed by atoms with Crippen LogP contribution in [0.15, 0.2) is 10.6 Å². The van der Waals surface area contributed by atoms with Crippen molar-refractivity contribution < 1.29 is 14.1 Å². The van der Waals surface area contributed by atoms with Crippen molar-refractivity contribution in [3.05, 3.63) is 23.4 Å². The Labute approximate surface area is 146 Å². The lowest BCUT2D eigenvalue weighted by atomic mass is 10.2. The summed E-state index contributed by atoms with van der Waals surface area (Å²) in [6.45, 7) is 9.51. The zero-order chi connectivity index (χ0) is 18.0. The third-order valence-electron chi connectivity index (χ3n) is 4.24. The summed E-state index contributed by atoms with van der Waals surface area (Å²) in [5.74, 6) is 1.93. The van der Waals surface area contributed by atoms with Crippen LogP contribution in [0.2, 0.25) is 0 Å². The average Bonchev–Trinajstić information content (AvgIpc) is 3.23. The number of amides is 1. The molecule has 1 amide bonds. The first kappa shape index (κ1) is 17.6. The monoisotopic (exact) mass is 348 g/mol. The number of aryl methyl sites for hydroxylation is 1. The van der Waals surface area contributed by atoms with Crippen LogP contribution in [0.4, 0.5) is 5.88 Å². The summed E-state index contributed by atoms with van der Waals surface area (Å²) in [4.78, 5) is 19.0. The summed E-state index contributed by atoms with van der Waals surface area (Å²) >= 11 is 0. The molecule has 0 bridgehead atoms. The fourth-order valence-corrected chi connectivity index (χ4v) is 2.69. The highest BCUT2D eigenvalue weighted by molar-refractivity contribution is 5.93. The summed E-state index contributed by atoms with van der Waals surface area (Å²) < 4.78 is 10.8. The van der Waals surface area contributed by atoms with Gasteiger partial charge in [-0.2, -0.15) is 5.10 Å². The molecule has 3 rings (SSSR count). The minimum Gasteiger partial charge on any atom is -0.368 e. The first-order valence-corrected chi connectivity index (χ1v) is 8.46. The fourth-order valence-electron chi connectivity index (χ4n) is 2.69. The Morgan fingerprint density at radius 2 is 2.24 bits per heavy atom. The number of nitrogens with zero attached hydrogens (tertiary/aromatic N) is 4. The number of anilines is 1. The minimum absolute atomic E-state index is 0.141. The molecule has 2 atom stereocenters. The van der Waals surface area contributed by atoms with Gasteiger partial charge in [0.15, 0.2) is 11.6 Å². The topological polar surface area (TPSA) is 109 Å². The van der Waals surface area contributed by atoms with Crippen LogP contribution in [-0.4, -0.2) is 56.9 Å². The molecular formula is C16H24N6O3.